The Hall–Kier alpha value is -3.18. The van der Waals surface area contributed by atoms with Crippen LogP contribution in [-0.4, -0.2) is 55.1 Å². The molecule has 0 bridgehead atoms. The molecule has 5 heteroatoms. The molecule has 4 rings (SSSR count). The van der Waals surface area contributed by atoms with Crippen molar-refractivity contribution in [1.29, 1.82) is 0 Å². The molecule has 1 aromatic heterocycles. The van der Waals surface area contributed by atoms with Crippen LogP contribution in [0, 0.1) is 0 Å². The molecule has 1 saturated heterocycles. The fraction of sp³-hybridized carbons (Fsp3) is 0.308. The molecule has 1 aliphatic heterocycles. The Kier molecular flexibility index (Phi) is 7.29. The molecular weight excluding hydrogens is 384 g/mol. The van der Waals surface area contributed by atoms with Gasteiger partial charge in [-0.1, -0.05) is 42.5 Å². The minimum Gasteiger partial charge on any atom is -0.368 e. The van der Waals surface area contributed by atoms with E-state index < -0.39 is 0 Å². The first kappa shape index (κ1) is 21.1. The van der Waals surface area contributed by atoms with Crippen LogP contribution >= 0.6 is 0 Å². The van der Waals surface area contributed by atoms with E-state index >= 15 is 0 Å². The van der Waals surface area contributed by atoms with Crippen molar-refractivity contribution < 1.29 is 4.79 Å². The summed E-state index contributed by atoms with van der Waals surface area (Å²) < 4.78 is 0. The molecule has 1 N–H and O–H groups in total. The van der Waals surface area contributed by atoms with Crippen molar-refractivity contribution >= 4 is 11.6 Å². The summed E-state index contributed by atoms with van der Waals surface area (Å²) >= 11 is 0. The zero-order chi connectivity index (χ0) is 21.3. The molecule has 160 valence electrons. The lowest BCUT2D eigenvalue weighted by Crippen LogP contribution is -2.46. The third-order valence-corrected chi connectivity index (χ3v) is 5.82. The van der Waals surface area contributed by atoms with Gasteiger partial charge in [-0.2, -0.15) is 0 Å². The van der Waals surface area contributed by atoms with Crippen LogP contribution in [0.3, 0.4) is 0 Å². The van der Waals surface area contributed by atoms with E-state index in [-0.39, 0.29) is 5.91 Å². The van der Waals surface area contributed by atoms with Crippen molar-refractivity contribution in [3.63, 3.8) is 0 Å². The first-order chi connectivity index (χ1) is 15.3. The van der Waals surface area contributed by atoms with Crippen LogP contribution in [0.2, 0.25) is 0 Å². The van der Waals surface area contributed by atoms with Crippen molar-refractivity contribution in [2.45, 2.75) is 12.8 Å². The summed E-state index contributed by atoms with van der Waals surface area (Å²) in [7, 11) is 0. The summed E-state index contributed by atoms with van der Waals surface area (Å²) in [5, 5.41) is 3.05. The lowest BCUT2D eigenvalue weighted by molar-refractivity contribution is 0.0952. The number of unbranched alkanes of at least 4 members (excludes halogenated alkanes) is 1. The minimum atomic E-state index is 0.00435. The zero-order valence-corrected chi connectivity index (χ0v) is 17.9. The number of nitrogens with zero attached hydrogens (tertiary/aromatic N) is 3. The van der Waals surface area contributed by atoms with E-state index in [2.05, 4.69) is 38.3 Å². The topological polar surface area (TPSA) is 48.5 Å². The number of benzene rings is 2. The van der Waals surface area contributed by atoms with Crippen LogP contribution in [0.25, 0.3) is 11.1 Å². The highest BCUT2D eigenvalue weighted by atomic mass is 16.1. The van der Waals surface area contributed by atoms with E-state index in [0.29, 0.717) is 5.56 Å². The van der Waals surface area contributed by atoms with Crippen molar-refractivity contribution in [3.05, 3.63) is 84.7 Å². The van der Waals surface area contributed by atoms with E-state index in [0.717, 1.165) is 63.2 Å². The van der Waals surface area contributed by atoms with Crippen molar-refractivity contribution in [1.82, 2.24) is 15.2 Å². The van der Waals surface area contributed by atoms with Gasteiger partial charge in [0.25, 0.3) is 5.91 Å². The quantitative estimate of drug-likeness (QED) is 0.564. The predicted octanol–water partition coefficient (Wildman–Crippen LogP) is 4.08. The summed E-state index contributed by atoms with van der Waals surface area (Å²) in [6, 6.07) is 22.2. The molecule has 1 aliphatic rings. The van der Waals surface area contributed by atoms with Crippen molar-refractivity contribution in [2.24, 2.45) is 0 Å². The second-order valence-electron chi connectivity index (χ2n) is 7.95. The number of hydrogen-bond acceptors (Lipinski definition) is 4. The Labute approximate surface area is 184 Å². The number of anilines is 1. The number of rotatable bonds is 8. The van der Waals surface area contributed by atoms with E-state index in [4.69, 9.17) is 0 Å². The van der Waals surface area contributed by atoms with E-state index in [1.54, 1.807) is 0 Å². The van der Waals surface area contributed by atoms with Crippen molar-refractivity contribution in [2.75, 3.05) is 44.2 Å². The highest BCUT2D eigenvalue weighted by Gasteiger charge is 2.16. The number of nitrogens with one attached hydrogen (secondary N) is 1. The van der Waals surface area contributed by atoms with Gasteiger partial charge in [0.1, 0.15) is 0 Å². The fourth-order valence-electron chi connectivity index (χ4n) is 3.98. The lowest BCUT2D eigenvalue weighted by Gasteiger charge is -2.35. The van der Waals surface area contributed by atoms with Crippen LogP contribution in [0.1, 0.15) is 23.2 Å². The van der Waals surface area contributed by atoms with Gasteiger partial charge in [-0.3, -0.25) is 14.7 Å². The van der Waals surface area contributed by atoms with Crippen LogP contribution in [-0.2, 0) is 0 Å². The minimum absolute atomic E-state index is 0.00435. The summed E-state index contributed by atoms with van der Waals surface area (Å²) in [4.78, 5) is 21.5. The van der Waals surface area contributed by atoms with Crippen LogP contribution in [0.4, 0.5) is 5.69 Å². The summed E-state index contributed by atoms with van der Waals surface area (Å²) in [6.45, 7) is 6.05. The number of amides is 1. The summed E-state index contributed by atoms with van der Waals surface area (Å²) in [6.07, 6.45) is 5.85. The normalized spacial score (nSPS) is 14.4. The van der Waals surface area contributed by atoms with Crippen LogP contribution in [0.15, 0.2) is 79.1 Å². The third kappa shape index (κ3) is 5.92. The molecule has 0 radical (unpaired) electrons. The molecule has 0 spiro atoms. The Balaban J connectivity index is 1.13. The van der Waals surface area contributed by atoms with Gasteiger partial charge in [0, 0.05) is 44.5 Å². The highest BCUT2D eigenvalue weighted by Crippen LogP contribution is 2.19. The molecule has 1 amide bonds. The Bertz CT molecular complexity index is 936. The molecule has 5 nitrogen and oxygen atoms in total. The van der Waals surface area contributed by atoms with E-state index in [1.807, 2.05) is 60.9 Å². The third-order valence-electron chi connectivity index (χ3n) is 5.82. The number of hydrogen-bond donors (Lipinski definition) is 1. The molecule has 1 fully saturated rings. The predicted molar refractivity (Wildman–Crippen MR) is 126 cm³/mol. The largest absolute Gasteiger partial charge is 0.368 e. The second kappa shape index (κ2) is 10.7. The molecular formula is C26H30N4O. The number of carbonyl (C=O) groups excluding carboxylic acids is 1. The number of piperazine rings is 1. The number of pyridine rings is 1. The number of carbonyl (C=O) groups is 1. The smallest absolute Gasteiger partial charge is 0.251 e. The molecule has 0 unspecified atom stereocenters. The average molecular weight is 415 g/mol. The van der Waals surface area contributed by atoms with E-state index in [1.165, 1.54) is 5.69 Å². The van der Waals surface area contributed by atoms with Gasteiger partial charge in [-0.25, -0.2) is 0 Å². The van der Waals surface area contributed by atoms with Gasteiger partial charge in [-0.15, -0.1) is 0 Å². The Morgan fingerprint density at radius 1 is 0.839 bits per heavy atom. The lowest BCUT2D eigenvalue weighted by atomic mass is 10.0. The van der Waals surface area contributed by atoms with Crippen LogP contribution in [0.5, 0.6) is 0 Å². The van der Waals surface area contributed by atoms with Gasteiger partial charge < -0.3 is 10.2 Å². The molecule has 2 aromatic carbocycles. The van der Waals surface area contributed by atoms with E-state index in [9.17, 15) is 4.79 Å². The van der Waals surface area contributed by atoms with Crippen LogP contribution < -0.4 is 10.2 Å². The molecule has 0 atom stereocenters. The molecule has 0 aliphatic carbocycles. The first-order valence-electron chi connectivity index (χ1n) is 11.1. The maximum absolute atomic E-state index is 12.4. The molecule has 3 aromatic rings. The average Bonchev–Trinajstić information content (AvgIpc) is 2.85. The zero-order valence-electron chi connectivity index (χ0n) is 17.9. The van der Waals surface area contributed by atoms with Crippen molar-refractivity contribution in [3.8, 4) is 11.1 Å². The maximum Gasteiger partial charge on any atom is 0.251 e. The van der Waals surface area contributed by atoms with Gasteiger partial charge in [0.05, 0.1) is 11.9 Å². The second-order valence-corrected chi connectivity index (χ2v) is 7.95. The Morgan fingerprint density at radius 3 is 2.29 bits per heavy atom. The fourth-order valence-corrected chi connectivity index (χ4v) is 3.98. The number of aromatic nitrogens is 1. The SMILES string of the molecule is O=C(NCCCCN1CCN(c2cccnc2)CC1)c1ccc(-c2ccccc2)cc1. The van der Waals surface area contributed by atoms with Gasteiger partial charge in [0.2, 0.25) is 0 Å². The Morgan fingerprint density at radius 2 is 1.58 bits per heavy atom. The summed E-state index contributed by atoms with van der Waals surface area (Å²) in [5.74, 6) is 0.00435. The summed E-state index contributed by atoms with van der Waals surface area (Å²) in [5.41, 5.74) is 4.21. The van der Waals surface area contributed by atoms with Gasteiger partial charge in [0.15, 0.2) is 0 Å². The maximum atomic E-state index is 12.4. The molecule has 2 heterocycles. The monoisotopic (exact) mass is 414 g/mol. The van der Waals surface area contributed by atoms with Gasteiger partial charge in [-0.05, 0) is 54.8 Å². The molecule has 31 heavy (non-hydrogen) atoms. The highest BCUT2D eigenvalue weighted by molar-refractivity contribution is 5.94. The standard InChI is InChI=1S/C26H30N4O/c31-26(24-12-10-23(11-13-24)22-7-2-1-3-8-22)28-15-4-5-16-29-17-19-30(20-18-29)25-9-6-14-27-21-25/h1-3,6-14,21H,4-5,15-20H2,(H,28,31). The van der Waals surface area contributed by atoms with Gasteiger partial charge >= 0.3 is 0 Å². The molecule has 0 saturated carbocycles. The first-order valence-corrected chi connectivity index (χ1v) is 11.1.